The van der Waals surface area contributed by atoms with Gasteiger partial charge in [0.1, 0.15) is 6.67 Å². The molecule has 4 atom stereocenters. The Balaban J connectivity index is 3.37. The molecule has 0 saturated heterocycles. The molecule has 0 aliphatic heterocycles. The summed E-state index contributed by atoms with van der Waals surface area (Å²) >= 11 is 0. The highest BCUT2D eigenvalue weighted by Gasteiger charge is 3.10. The van der Waals surface area contributed by atoms with Gasteiger partial charge in [0.15, 0.2) is 0 Å². The zero-order chi connectivity index (χ0) is 31.4. The molecule has 0 aromatic carbocycles. The smallest absolute Gasteiger partial charge is 0.386 e. The van der Waals surface area contributed by atoms with E-state index in [1.54, 1.807) is 0 Å². The van der Waals surface area contributed by atoms with Gasteiger partial charge in [0, 0.05) is 30.7 Å². The minimum absolute atomic E-state index is 0.0670. The first-order valence-electron chi connectivity index (χ1n) is 10.3. The highest BCUT2D eigenvalue weighted by Crippen LogP contribution is 2.77. The highest BCUT2D eigenvalue weighted by molar-refractivity contribution is 5.84. The van der Waals surface area contributed by atoms with Gasteiger partial charge in [-0.25, -0.2) is 23.6 Å². The fourth-order valence-corrected chi connectivity index (χ4v) is 4.38. The van der Waals surface area contributed by atoms with E-state index in [4.69, 9.17) is 0 Å². The van der Waals surface area contributed by atoms with Crippen LogP contribution in [0.1, 0.15) is 6.42 Å². The van der Waals surface area contributed by atoms with Gasteiger partial charge in [-0.05, 0) is 0 Å². The summed E-state index contributed by atoms with van der Waals surface area (Å²) in [6, 6.07) is 0. The highest BCUT2D eigenvalue weighted by atomic mass is 19.3. The van der Waals surface area contributed by atoms with Crippen LogP contribution in [0, 0.1) is 0 Å². The number of hydrogen-bond donors (Lipinski definition) is 0. The van der Waals surface area contributed by atoms with Crippen LogP contribution in [0.25, 0.3) is 0 Å². The quantitative estimate of drug-likeness (QED) is 0.171. The predicted molar refractivity (Wildman–Crippen MR) is 108 cm³/mol. The van der Waals surface area contributed by atoms with Crippen LogP contribution in [0.3, 0.4) is 0 Å². The molecule has 0 aromatic heterocycles. The second kappa shape index (κ2) is 9.36. The van der Waals surface area contributed by atoms with Gasteiger partial charge in [0.2, 0.25) is 5.60 Å². The molecule has 0 spiro atoms. The number of alkyl halides is 10. The number of ether oxygens (including phenoxy) is 4. The Morgan fingerprint density at radius 3 is 1.40 bits per heavy atom. The molecule has 2 aliphatic carbocycles. The molecule has 18 heteroatoms. The maximum Gasteiger partial charge on any atom is 0.386 e. The number of esters is 4. The van der Waals surface area contributed by atoms with E-state index in [1.807, 2.05) is 0 Å². The molecule has 8 nitrogen and oxygen atoms in total. The Bertz CT molecular complexity index is 1180. The third kappa shape index (κ3) is 3.39. The average Bonchev–Trinajstić information content (AvgIpc) is 2.87. The molecular formula is C22H16F10O8. The minimum Gasteiger partial charge on any atom is -0.446 e. The van der Waals surface area contributed by atoms with Crippen LogP contribution in [-0.2, 0) is 38.1 Å². The molecule has 40 heavy (non-hydrogen) atoms. The van der Waals surface area contributed by atoms with E-state index in [-0.39, 0.29) is 24.3 Å². The van der Waals surface area contributed by atoms with Crippen molar-refractivity contribution in [1.82, 2.24) is 0 Å². The van der Waals surface area contributed by atoms with Crippen LogP contribution in [0.15, 0.2) is 50.6 Å². The van der Waals surface area contributed by atoms with Crippen LogP contribution in [-0.4, -0.2) is 76.9 Å². The Morgan fingerprint density at radius 1 is 0.575 bits per heavy atom. The lowest BCUT2D eigenvalue weighted by Gasteiger charge is -2.67. The number of hydrogen-bond acceptors (Lipinski definition) is 8. The summed E-state index contributed by atoms with van der Waals surface area (Å²) in [6.45, 7) is 7.41. The topological polar surface area (TPSA) is 105 Å². The van der Waals surface area contributed by atoms with Crippen molar-refractivity contribution >= 4 is 23.9 Å². The maximum atomic E-state index is 16.1. The van der Waals surface area contributed by atoms with Gasteiger partial charge in [-0.15, -0.1) is 0 Å². The van der Waals surface area contributed by atoms with Crippen molar-refractivity contribution in [3.05, 3.63) is 50.6 Å². The molecular weight excluding hydrogens is 582 g/mol. The summed E-state index contributed by atoms with van der Waals surface area (Å²) < 4.78 is 173. The summed E-state index contributed by atoms with van der Waals surface area (Å²) in [4.78, 5) is 47.3. The molecule has 0 N–H and O–H groups in total. The second-order valence-corrected chi connectivity index (χ2v) is 8.21. The number of carbonyl (C=O) groups is 4. The molecule has 0 amide bonds. The van der Waals surface area contributed by atoms with E-state index in [0.717, 1.165) is 0 Å². The average molecular weight is 598 g/mol. The minimum atomic E-state index is -7.31. The van der Waals surface area contributed by atoms with E-state index in [9.17, 15) is 23.6 Å². The van der Waals surface area contributed by atoms with Gasteiger partial charge in [-0.2, -0.15) is 39.5 Å². The lowest BCUT2D eigenvalue weighted by atomic mass is 9.51. The van der Waals surface area contributed by atoms with Crippen molar-refractivity contribution in [3.8, 4) is 0 Å². The van der Waals surface area contributed by atoms with Crippen molar-refractivity contribution in [2.24, 2.45) is 0 Å². The predicted octanol–water partition coefficient (Wildman–Crippen LogP) is 3.71. The van der Waals surface area contributed by atoms with Crippen molar-refractivity contribution in [2.45, 2.75) is 52.8 Å². The lowest BCUT2D eigenvalue weighted by Crippen LogP contribution is -2.98. The zero-order valence-corrected chi connectivity index (χ0v) is 19.6. The number of rotatable bonds is 9. The lowest BCUT2D eigenvalue weighted by molar-refractivity contribution is -0.546. The number of halogens is 10. The van der Waals surface area contributed by atoms with Crippen LogP contribution in [0.2, 0.25) is 0 Å². The summed E-state index contributed by atoms with van der Waals surface area (Å²) in [5, 5.41) is 0. The summed E-state index contributed by atoms with van der Waals surface area (Å²) in [6.07, 6.45) is -4.11. The second-order valence-electron chi connectivity index (χ2n) is 8.21. The summed E-state index contributed by atoms with van der Waals surface area (Å²) in [5.41, 5.74) is -17.5. The Morgan fingerprint density at radius 2 is 0.975 bits per heavy atom. The van der Waals surface area contributed by atoms with E-state index in [0.29, 0.717) is 0 Å². The Kier molecular flexibility index (Phi) is 7.57. The monoisotopic (exact) mass is 598 g/mol. The standard InChI is InChI=1S/C22H16F10O8/c1-5-11(33)37-15(10-23)9-16(38-12(34)6-2)19(26,27)17(18(15,24)25,39-13(35)7-3)21(30,31)22(32,20(16,28)29)40-14(36)8-4/h5-8H,1-4,9-10H2. The first-order chi connectivity index (χ1) is 18.1. The molecule has 0 radical (unpaired) electrons. The van der Waals surface area contributed by atoms with Gasteiger partial charge < -0.3 is 18.9 Å². The Hall–Kier alpha value is -3.86. The van der Waals surface area contributed by atoms with Crippen LogP contribution in [0.4, 0.5) is 43.9 Å². The molecule has 2 saturated carbocycles. The maximum absolute atomic E-state index is 16.1. The van der Waals surface area contributed by atoms with Crippen molar-refractivity contribution < 1.29 is 82.0 Å². The van der Waals surface area contributed by atoms with Gasteiger partial charge >= 0.3 is 59.0 Å². The van der Waals surface area contributed by atoms with Crippen molar-refractivity contribution in [3.63, 3.8) is 0 Å². The van der Waals surface area contributed by atoms with E-state index in [1.165, 1.54) is 0 Å². The summed E-state index contributed by atoms with van der Waals surface area (Å²) in [7, 11) is 0. The molecule has 222 valence electrons. The van der Waals surface area contributed by atoms with Crippen LogP contribution >= 0.6 is 0 Å². The molecule has 2 fully saturated rings. The molecule has 2 rings (SSSR count). The van der Waals surface area contributed by atoms with Gasteiger partial charge in [-0.1, -0.05) is 26.3 Å². The van der Waals surface area contributed by atoms with E-state index >= 15 is 39.5 Å². The number of fused-ring (bicyclic) bond motifs is 2. The first-order valence-corrected chi connectivity index (χ1v) is 10.3. The third-order valence-electron chi connectivity index (χ3n) is 6.20. The molecule has 0 aromatic rings. The van der Waals surface area contributed by atoms with Gasteiger partial charge in [0.05, 0.1) is 0 Å². The molecule has 4 unspecified atom stereocenters. The van der Waals surface area contributed by atoms with Gasteiger partial charge in [-0.3, -0.25) is 0 Å². The van der Waals surface area contributed by atoms with Crippen molar-refractivity contribution in [2.75, 3.05) is 6.67 Å². The molecule has 2 aliphatic rings. The first kappa shape index (κ1) is 32.4. The Labute approximate surface area is 216 Å². The van der Waals surface area contributed by atoms with Crippen LogP contribution in [0.5, 0.6) is 0 Å². The summed E-state index contributed by atoms with van der Waals surface area (Å²) in [5.74, 6) is -44.4. The van der Waals surface area contributed by atoms with Crippen LogP contribution < -0.4 is 0 Å². The van der Waals surface area contributed by atoms with Gasteiger partial charge in [0.25, 0.3) is 5.60 Å². The largest absolute Gasteiger partial charge is 0.446 e. The zero-order valence-electron chi connectivity index (χ0n) is 19.6. The fraction of sp³-hybridized carbons (Fsp3) is 0.455. The normalized spacial score (nSPS) is 34.2. The molecule has 2 bridgehead atoms. The molecule has 0 heterocycles. The SMILES string of the molecule is C=CC(=O)OC1(CF)CC2(OC(=O)C=C)C(F)(F)C(F)(OC(=O)C=C)C(F)(F)C(OC(=O)C=C)(C1(F)F)C2(F)F. The third-order valence-corrected chi connectivity index (χ3v) is 6.20. The fourth-order valence-electron chi connectivity index (χ4n) is 4.38. The van der Waals surface area contributed by atoms with Crippen molar-refractivity contribution in [1.29, 1.82) is 0 Å². The van der Waals surface area contributed by atoms with E-state index < -0.39 is 83.3 Å². The number of carbonyl (C=O) groups excluding carboxylic acids is 4. The van der Waals surface area contributed by atoms with E-state index in [2.05, 4.69) is 45.3 Å².